The highest BCUT2D eigenvalue weighted by molar-refractivity contribution is 7.88. The molecule has 1 aromatic rings. The molecule has 1 amide bonds. The zero-order valence-corrected chi connectivity index (χ0v) is 12.5. The van der Waals surface area contributed by atoms with Crippen molar-refractivity contribution in [2.75, 3.05) is 32.4 Å². The standard InChI is InChI=1S/C11H15F3N4O3S/c1-22(20,21)18-4-2-3-17(5-6-18)10(19)8-7-9(16-15-8)11(12,13)14/h7H,2-6H2,1H3,(H,15,16). The van der Waals surface area contributed by atoms with Gasteiger partial charge in [0.2, 0.25) is 10.0 Å². The number of carbonyl (C=O) groups excluding carboxylic acids is 1. The van der Waals surface area contributed by atoms with Gasteiger partial charge in [0.15, 0.2) is 5.69 Å². The summed E-state index contributed by atoms with van der Waals surface area (Å²) in [5.74, 6) is -0.651. The molecule has 124 valence electrons. The van der Waals surface area contributed by atoms with Crippen molar-refractivity contribution in [3.8, 4) is 0 Å². The van der Waals surface area contributed by atoms with Gasteiger partial charge in [-0.2, -0.15) is 18.3 Å². The van der Waals surface area contributed by atoms with Crippen LogP contribution < -0.4 is 0 Å². The SMILES string of the molecule is CS(=O)(=O)N1CCCN(C(=O)c2cc(C(F)(F)F)[nH]n2)CC1. The van der Waals surface area contributed by atoms with E-state index in [1.165, 1.54) is 9.21 Å². The fourth-order valence-corrected chi connectivity index (χ4v) is 3.04. The molecule has 1 N–H and O–H groups in total. The van der Waals surface area contributed by atoms with E-state index < -0.39 is 27.8 Å². The molecule has 1 aromatic heterocycles. The first-order valence-electron chi connectivity index (χ1n) is 6.46. The average molecular weight is 340 g/mol. The van der Waals surface area contributed by atoms with Crippen LogP contribution in [0.3, 0.4) is 0 Å². The van der Waals surface area contributed by atoms with Crippen LogP contribution in [-0.2, 0) is 16.2 Å². The van der Waals surface area contributed by atoms with Crippen LogP contribution in [0.25, 0.3) is 0 Å². The van der Waals surface area contributed by atoms with Crippen LogP contribution in [-0.4, -0.2) is 66.2 Å². The number of aromatic nitrogens is 2. The van der Waals surface area contributed by atoms with Gasteiger partial charge in [0.25, 0.3) is 5.91 Å². The Balaban J connectivity index is 2.09. The van der Waals surface area contributed by atoms with Gasteiger partial charge in [-0.15, -0.1) is 0 Å². The van der Waals surface area contributed by atoms with E-state index in [2.05, 4.69) is 5.10 Å². The van der Waals surface area contributed by atoms with Crippen LogP contribution >= 0.6 is 0 Å². The number of amides is 1. The first-order chi connectivity index (χ1) is 10.1. The Kier molecular flexibility index (Phi) is 4.47. The second-order valence-electron chi connectivity index (χ2n) is 4.97. The van der Waals surface area contributed by atoms with Gasteiger partial charge in [-0.1, -0.05) is 0 Å². The van der Waals surface area contributed by atoms with E-state index in [-0.39, 0.29) is 31.9 Å². The lowest BCUT2D eigenvalue weighted by molar-refractivity contribution is -0.141. The maximum absolute atomic E-state index is 12.5. The first kappa shape index (κ1) is 16.7. The smallest absolute Gasteiger partial charge is 0.336 e. The lowest BCUT2D eigenvalue weighted by Crippen LogP contribution is -2.37. The largest absolute Gasteiger partial charge is 0.432 e. The minimum Gasteiger partial charge on any atom is -0.336 e. The molecule has 1 fully saturated rings. The summed E-state index contributed by atoms with van der Waals surface area (Å²) in [7, 11) is -3.35. The molecule has 0 spiro atoms. The van der Waals surface area contributed by atoms with Crippen LogP contribution in [0.1, 0.15) is 22.6 Å². The maximum Gasteiger partial charge on any atom is 0.432 e. The second kappa shape index (κ2) is 5.88. The van der Waals surface area contributed by atoms with Gasteiger partial charge < -0.3 is 4.90 Å². The van der Waals surface area contributed by atoms with Gasteiger partial charge in [0.05, 0.1) is 6.26 Å². The summed E-state index contributed by atoms with van der Waals surface area (Å²) in [5, 5.41) is 5.17. The molecule has 11 heteroatoms. The summed E-state index contributed by atoms with van der Waals surface area (Å²) in [6, 6.07) is 0.654. The number of halogens is 3. The van der Waals surface area contributed by atoms with Crippen LogP contribution in [0.2, 0.25) is 0 Å². The molecular formula is C11H15F3N4O3S. The molecule has 1 saturated heterocycles. The van der Waals surface area contributed by atoms with Gasteiger partial charge in [0.1, 0.15) is 5.69 Å². The van der Waals surface area contributed by atoms with Crippen molar-refractivity contribution in [3.63, 3.8) is 0 Å². The Morgan fingerprint density at radius 2 is 1.95 bits per heavy atom. The van der Waals surface area contributed by atoms with Crippen molar-refractivity contribution in [3.05, 3.63) is 17.5 Å². The fraction of sp³-hybridized carbons (Fsp3) is 0.636. The van der Waals surface area contributed by atoms with E-state index in [1.807, 2.05) is 0 Å². The number of hydrogen-bond acceptors (Lipinski definition) is 4. The summed E-state index contributed by atoms with van der Waals surface area (Å²) in [6.45, 7) is 0.761. The minimum absolute atomic E-state index is 0.111. The van der Waals surface area contributed by atoms with E-state index in [9.17, 15) is 26.4 Å². The Labute approximate surface area is 125 Å². The lowest BCUT2D eigenvalue weighted by Gasteiger charge is -2.20. The Hall–Kier alpha value is -1.62. The highest BCUT2D eigenvalue weighted by Gasteiger charge is 2.34. The highest BCUT2D eigenvalue weighted by atomic mass is 32.2. The summed E-state index contributed by atoms with van der Waals surface area (Å²) in [5.41, 5.74) is -1.43. The number of sulfonamides is 1. The number of H-pyrrole nitrogens is 1. The fourth-order valence-electron chi connectivity index (χ4n) is 2.17. The average Bonchev–Trinajstić information content (AvgIpc) is 2.74. The predicted octanol–water partition coefficient (Wildman–Crippen LogP) is 0.536. The number of alkyl halides is 3. The Morgan fingerprint density at radius 1 is 1.27 bits per heavy atom. The third kappa shape index (κ3) is 3.77. The zero-order valence-electron chi connectivity index (χ0n) is 11.7. The lowest BCUT2D eigenvalue weighted by atomic mass is 10.3. The summed E-state index contributed by atoms with van der Waals surface area (Å²) in [4.78, 5) is 13.5. The molecule has 0 saturated carbocycles. The molecule has 0 atom stereocenters. The van der Waals surface area contributed by atoms with Gasteiger partial charge in [0, 0.05) is 32.2 Å². The van der Waals surface area contributed by atoms with E-state index in [0.717, 1.165) is 6.26 Å². The van der Waals surface area contributed by atoms with Gasteiger partial charge >= 0.3 is 6.18 Å². The van der Waals surface area contributed by atoms with Gasteiger partial charge in [-0.3, -0.25) is 9.89 Å². The van der Waals surface area contributed by atoms with E-state index in [1.54, 1.807) is 5.10 Å². The van der Waals surface area contributed by atoms with Crippen molar-refractivity contribution >= 4 is 15.9 Å². The predicted molar refractivity (Wildman–Crippen MR) is 70.5 cm³/mol. The van der Waals surface area contributed by atoms with E-state index in [4.69, 9.17) is 0 Å². The normalized spacial score (nSPS) is 18.3. The molecular weight excluding hydrogens is 325 g/mol. The summed E-state index contributed by atoms with van der Waals surface area (Å²) >= 11 is 0. The van der Waals surface area contributed by atoms with Crippen LogP contribution in [0.15, 0.2) is 6.07 Å². The van der Waals surface area contributed by atoms with Crippen LogP contribution in [0.4, 0.5) is 13.2 Å². The Bertz CT molecular complexity index is 656. The molecule has 0 aliphatic carbocycles. The van der Waals surface area contributed by atoms with Crippen molar-refractivity contribution in [2.45, 2.75) is 12.6 Å². The third-order valence-corrected chi connectivity index (χ3v) is 4.62. The number of nitrogens with zero attached hydrogens (tertiary/aromatic N) is 3. The first-order valence-corrected chi connectivity index (χ1v) is 8.31. The third-order valence-electron chi connectivity index (χ3n) is 3.31. The number of aromatic amines is 1. The monoisotopic (exact) mass is 340 g/mol. The molecule has 1 aliphatic rings. The van der Waals surface area contributed by atoms with Gasteiger partial charge in [-0.25, -0.2) is 12.7 Å². The van der Waals surface area contributed by atoms with Crippen molar-refractivity contribution in [1.29, 1.82) is 0 Å². The second-order valence-corrected chi connectivity index (χ2v) is 6.95. The maximum atomic E-state index is 12.5. The Morgan fingerprint density at radius 3 is 2.50 bits per heavy atom. The molecule has 2 rings (SSSR count). The molecule has 0 radical (unpaired) electrons. The van der Waals surface area contributed by atoms with Crippen molar-refractivity contribution < 1.29 is 26.4 Å². The van der Waals surface area contributed by atoms with Crippen molar-refractivity contribution in [1.82, 2.24) is 19.4 Å². The van der Waals surface area contributed by atoms with E-state index in [0.29, 0.717) is 12.5 Å². The molecule has 2 heterocycles. The molecule has 22 heavy (non-hydrogen) atoms. The molecule has 0 bridgehead atoms. The van der Waals surface area contributed by atoms with Crippen LogP contribution in [0, 0.1) is 0 Å². The number of nitrogens with one attached hydrogen (secondary N) is 1. The number of hydrogen-bond donors (Lipinski definition) is 1. The topological polar surface area (TPSA) is 86.4 Å². The number of rotatable bonds is 2. The van der Waals surface area contributed by atoms with E-state index >= 15 is 0 Å². The van der Waals surface area contributed by atoms with Crippen LogP contribution in [0.5, 0.6) is 0 Å². The number of carbonyl (C=O) groups is 1. The molecule has 1 aliphatic heterocycles. The minimum atomic E-state index is -4.60. The summed E-state index contributed by atoms with van der Waals surface area (Å²) in [6.07, 6.45) is -3.11. The molecule has 0 unspecified atom stereocenters. The van der Waals surface area contributed by atoms with Gasteiger partial charge in [-0.05, 0) is 6.42 Å². The molecule has 7 nitrogen and oxygen atoms in total. The highest BCUT2D eigenvalue weighted by Crippen LogP contribution is 2.28. The quantitative estimate of drug-likeness (QED) is 0.851. The van der Waals surface area contributed by atoms with Crippen molar-refractivity contribution in [2.24, 2.45) is 0 Å². The summed E-state index contributed by atoms with van der Waals surface area (Å²) < 4.78 is 61.7. The zero-order chi connectivity index (χ0) is 16.5. The molecule has 0 aromatic carbocycles.